The number of hydrogen-bond donors (Lipinski definition) is 0. The third-order valence-corrected chi connectivity index (χ3v) is 6.11. The predicted octanol–water partition coefficient (Wildman–Crippen LogP) is 4.91. The second-order valence-electron chi connectivity index (χ2n) is 6.93. The van der Waals surface area contributed by atoms with Crippen LogP contribution in [0.1, 0.15) is 41.3 Å². The van der Waals surface area contributed by atoms with E-state index in [4.69, 9.17) is 4.74 Å². The van der Waals surface area contributed by atoms with E-state index >= 15 is 0 Å². The van der Waals surface area contributed by atoms with E-state index in [1.165, 1.54) is 35.3 Å². The van der Waals surface area contributed by atoms with Crippen LogP contribution in [0, 0.1) is 0 Å². The van der Waals surface area contributed by atoms with E-state index in [9.17, 15) is 4.79 Å². The Morgan fingerprint density at radius 2 is 2.07 bits per heavy atom. The molecule has 144 valence electrons. The van der Waals surface area contributed by atoms with Crippen LogP contribution in [0.5, 0.6) is 5.75 Å². The third kappa shape index (κ3) is 3.54. The molecule has 1 amide bonds. The maximum Gasteiger partial charge on any atom is 0.279 e. The summed E-state index contributed by atoms with van der Waals surface area (Å²) in [5.41, 5.74) is 4.29. The number of carbonyl (C=O) groups excluding carboxylic acids is 1. The van der Waals surface area contributed by atoms with Gasteiger partial charge in [0, 0.05) is 12.1 Å². The Balaban J connectivity index is 1.80. The Kier molecular flexibility index (Phi) is 5.44. The number of amides is 1. The summed E-state index contributed by atoms with van der Waals surface area (Å²) in [5, 5.41) is 0. The minimum atomic E-state index is -0.198. The lowest BCUT2D eigenvalue weighted by Crippen LogP contribution is -2.17. The fourth-order valence-electron chi connectivity index (χ4n) is 3.77. The number of hydrogen-bond acceptors (Lipinski definition) is 3. The molecule has 5 heteroatoms. The Morgan fingerprint density at radius 1 is 1.25 bits per heavy atom. The molecule has 0 saturated heterocycles. The van der Waals surface area contributed by atoms with E-state index in [-0.39, 0.29) is 5.91 Å². The SMILES string of the molecule is C=CCn1c(=NC(=O)c2ccc3c(c2)CCCC3)sc2cccc(OCC)c21. The maximum absolute atomic E-state index is 12.9. The van der Waals surface area contributed by atoms with Gasteiger partial charge in [-0.3, -0.25) is 4.79 Å². The molecule has 0 unspecified atom stereocenters. The highest BCUT2D eigenvalue weighted by Gasteiger charge is 2.15. The molecule has 0 N–H and O–H groups in total. The highest BCUT2D eigenvalue weighted by Crippen LogP contribution is 2.28. The Morgan fingerprint density at radius 3 is 2.86 bits per heavy atom. The van der Waals surface area contributed by atoms with Crippen LogP contribution < -0.4 is 9.54 Å². The summed E-state index contributed by atoms with van der Waals surface area (Å²) in [7, 11) is 0. The number of para-hydroxylation sites is 1. The number of fused-ring (bicyclic) bond motifs is 2. The van der Waals surface area contributed by atoms with Crippen LogP contribution in [0.25, 0.3) is 10.2 Å². The van der Waals surface area contributed by atoms with E-state index in [2.05, 4.69) is 17.6 Å². The molecule has 2 aromatic carbocycles. The highest BCUT2D eigenvalue weighted by molar-refractivity contribution is 7.16. The lowest BCUT2D eigenvalue weighted by atomic mass is 9.90. The molecular formula is C23H24N2O2S. The third-order valence-electron chi connectivity index (χ3n) is 5.07. The van der Waals surface area contributed by atoms with Gasteiger partial charge in [-0.2, -0.15) is 4.99 Å². The van der Waals surface area contributed by atoms with Gasteiger partial charge in [0.25, 0.3) is 5.91 Å². The molecular weight excluding hydrogens is 368 g/mol. The normalized spacial score (nSPS) is 14.1. The molecule has 1 heterocycles. The molecule has 4 nitrogen and oxygen atoms in total. The molecule has 0 spiro atoms. The number of ether oxygens (including phenoxy) is 1. The fraction of sp³-hybridized carbons (Fsp3) is 0.304. The maximum atomic E-state index is 12.9. The van der Waals surface area contributed by atoms with Gasteiger partial charge in [-0.05, 0) is 68.0 Å². The largest absolute Gasteiger partial charge is 0.492 e. The van der Waals surface area contributed by atoms with Gasteiger partial charge >= 0.3 is 0 Å². The van der Waals surface area contributed by atoms with Crippen molar-refractivity contribution in [2.75, 3.05) is 6.61 Å². The van der Waals surface area contributed by atoms with Crippen molar-refractivity contribution >= 4 is 27.5 Å². The molecule has 0 bridgehead atoms. The van der Waals surface area contributed by atoms with Crippen molar-refractivity contribution in [1.82, 2.24) is 4.57 Å². The van der Waals surface area contributed by atoms with Gasteiger partial charge in [0.05, 0.1) is 11.3 Å². The summed E-state index contributed by atoms with van der Waals surface area (Å²) in [6, 6.07) is 12.0. The Bertz CT molecular complexity index is 1110. The fourth-order valence-corrected chi connectivity index (χ4v) is 4.83. The average Bonchev–Trinajstić information content (AvgIpc) is 3.06. The lowest BCUT2D eigenvalue weighted by molar-refractivity contribution is 0.0997. The van der Waals surface area contributed by atoms with Crippen LogP contribution in [0.4, 0.5) is 0 Å². The summed E-state index contributed by atoms with van der Waals surface area (Å²) in [4.78, 5) is 18.1. The molecule has 0 atom stereocenters. The van der Waals surface area contributed by atoms with Gasteiger partial charge in [-0.25, -0.2) is 0 Å². The number of thiazole rings is 1. The van der Waals surface area contributed by atoms with Gasteiger partial charge < -0.3 is 9.30 Å². The second kappa shape index (κ2) is 8.15. The van der Waals surface area contributed by atoms with Crippen molar-refractivity contribution < 1.29 is 9.53 Å². The Labute approximate surface area is 168 Å². The van der Waals surface area contributed by atoms with E-state index < -0.39 is 0 Å². The molecule has 0 fully saturated rings. The first-order valence-corrected chi connectivity index (χ1v) is 10.6. The molecule has 0 radical (unpaired) electrons. The molecule has 3 aromatic rings. The number of allylic oxidation sites excluding steroid dienone is 1. The van der Waals surface area contributed by atoms with Crippen molar-refractivity contribution in [1.29, 1.82) is 0 Å². The molecule has 4 rings (SSSR count). The number of rotatable bonds is 5. The van der Waals surface area contributed by atoms with Crippen molar-refractivity contribution in [2.45, 2.75) is 39.2 Å². The van der Waals surface area contributed by atoms with Crippen LogP contribution in [0.2, 0.25) is 0 Å². The topological polar surface area (TPSA) is 43.6 Å². The van der Waals surface area contributed by atoms with Gasteiger partial charge in [0.1, 0.15) is 11.3 Å². The summed E-state index contributed by atoms with van der Waals surface area (Å²) >= 11 is 1.50. The second-order valence-corrected chi connectivity index (χ2v) is 7.94. The van der Waals surface area contributed by atoms with E-state index in [1.807, 2.05) is 47.9 Å². The van der Waals surface area contributed by atoms with Gasteiger partial charge in [0.15, 0.2) is 4.80 Å². The molecule has 28 heavy (non-hydrogen) atoms. The zero-order valence-electron chi connectivity index (χ0n) is 16.1. The zero-order valence-corrected chi connectivity index (χ0v) is 16.9. The van der Waals surface area contributed by atoms with Crippen LogP contribution in [0.15, 0.2) is 54.0 Å². The van der Waals surface area contributed by atoms with Crippen LogP contribution in [-0.2, 0) is 19.4 Å². The first-order chi connectivity index (χ1) is 13.7. The van der Waals surface area contributed by atoms with Crippen LogP contribution in [-0.4, -0.2) is 17.1 Å². The summed E-state index contributed by atoms with van der Waals surface area (Å²) in [5.74, 6) is 0.608. The van der Waals surface area contributed by atoms with Gasteiger partial charge in [-0.1, -0.05) is 29.5 Å². The molecule has 1 aliphatic carbocycles. The number of nitrogens with zero attached hydrogens (tertiary/aromatic N) is 2. The average molecular weight is 393 g/mol. The monoisotopic (exact) mass is 392 g/mol. The minimum absolute atomic E-state index is 0.198. The standard InChI is InChI=1S/C23H24N2O2S/c1-3-14-25-21-19(27-4-2)10-7-11-20(21)28-23(25)24-22(26)18-13-12-16-8-5-6-9-17(16)15-18/h3,7,10-13,15H,1,4-6,8-9,14H2,2H3. The number of benzene rings is 2. The summed E-state index contributed by atoms with van der Waals surface area (Å²) in [6.45, 7) is 6.98. The first-order valence-electron chi connectivity index (χ1n) is 9.78. The number of carbonyl (C=O) groups is 1. The van der Waals surface area contributed by atoms with Gasteiger partial charge in [-0.15, -0.1) is 6.58 Å². The number of aromatic nitrogens is 1. The Hall–Kier alpha value is -2.66. The van der Waals surface area contributed by atoms with E-state index in [0.717, 1.165) is 28.8 Å². The van der Waals surface area contributed by atoms with Crippen molar-refractivity contribution in [3.8, 4) is 5.75 Å². The molecule has 0 aliphatic heterocycles. The molecule has 0 saturated carbocycles. The quantitative estimate of drug-likeness (QED) is 0.579. The van der Waals surface area contributed by atoms with E-state index in [1.54, 1.807) is 0 Å². The summed E-state index contributed by atoms with van der Waals surface area (Å²) in [6.07, 6.45) is 6.40. The van der Waals surface area contributed by atoms with Crippen molar-refractivity contribution in [2.24, 2.45) is 4.99 Å². The summed E-state index contributed by atoms with van der Waals surface area (Å²) < 4.78 is 8.85. The predicted molar refractivity (Wildman–Crippen MR) is 114 cm³/mol. The highest BCUT2D eigenvalue weighted by atomic mass is 32.1. The number of aryl methyl sites for hydroxylation is 2. The zero-order chi connectivity index (χ0) is 19.5. The smallest absolute Gasteiger partial charge is 0.279 e. The molecule has 1 aromatic heterocycles. The minimum Gasteiger partial charge on any atom is -0.492 e. The van der Waals surface area contributed by atoms with Gasteiger partial charge in [0.2, 0.25) is 0 Å². The van der Waals surface area contributed by atoms with Crippen LogP contribution in [0.3, 0.4) is 0 Å². The van der Waals surface area contributed by atoms with E-state index in [0.29, 0.717) is 23.5 Å². The lowest BCUT2D eigenvalue weighted by Gasteiger charge is -2.15. The first kappa shape index (κ1) is 18.7. The van der Waals surface area contributed by atoms with Crippen molar-refractivity contribution in [3.63, 3.8) is 0 Å². The molecule has 1 aliphatic rings. The van der Waals surface area contributed by atoms with Crippen LogP contribution >= 0.6 is 11.3 Å². The van der Waals surface area contributed by atoms with Crippen molar-refractivity contribution in [3.05, 3.63) is 70.5 Å².